The van der Waals surface area contributed by atoms with E-state index in [-0.39, 0.29) is 18.4 Å². The second kappa shape index (κ2) is 6.05. The van der Waals surface area contributed by atoms with Crippen LogP contribution < -0.4 is 10.6 Å². The van der Waals surface area contributed by atoms with E-state index < -0.39 is 0 Å². The fourth-order valence-corrected chi connectivity index (χ4v) is 1.94. The van der Waals surface area contributed by atoms with Gasteiger partial charge in [-0.3, -0.25) is 14.9 Å². The largest absolute Gasteiger partial charge is 0.343 e. The summed E-state index contributed by atoms with van der Waals surface area (Å²) in [6.07, 6.45) is 0. The van der Waals surface area contributed by atoms with Gasteiger partial charge in [0.15, 0.2) is 0 Å². The molecule has 7 heteroatoms. The number of nitrogens with one attached hydrogen (secondary N) is 2. The zero-order valence-electron chi connectivity index (χ0n) is 10.2. The highest BCUT2D eigenvalue weighted by Gasteiger charge is 2.10. The molecular formula is C12H12N4O2S. The summed E-state index contributed by atoms with van der Waals surface area (Å²) in [5, 5.41) is 12.8. The van der Waals surface area contributed by atoms with E-state index in [1.165, 1.54) is 16.8 Å². The van der Waals surface area contributed by atoms with Gasteiger partial charge in [0, 0.05) is 5.56 Å². The van der Waals surface area contributed by atoms with E-state index in [4.69, 9.17) is 0 Å². The average Bonchev–Trinajstić information content (AvgIpc) is 2.89. The van der Waals surface area contributed by atoms with Crippen molar-refractivity contribution in [2.24, 2.45) is 0 Å². The van der Waals surface area contributed by atoms with E-state index in [9.17, 15) is 9.59 Å². The van der Waals surface area contributed by atoms with Gasteiger partial charge in [0.1, 0.15) is 5.51 Å². The molecule has 1 aromatic heterocycles. The summed E-state index contributed by atoms with van der Waals surface area (Å²) in [5.74, 6) is -0.607. The van der Waals surface area contributed by atoms with Crippen LogP contribution in [0.3, 0.4) is 0 Å². The number of hydrogen-bond donors (Lipinski definition) is 2. The van der Waals surface area contributed by atoms with Crippen molar-refractivity contribution in [1.29, 1.82) is 0 Å². The number of rotatable bonds is 4. The van der Waals surface area contributed by atoms with Gasteiger partial charge >= 0.3 is 0 Å². The van der Waals surface area contributed by atoms with E-state index in [0.29, 0.717) is 10.7 Å². The molecular weight excluding hydrogens is 264 g/mol. The fraction of sp³-hybridized carbons (Fsp3) is 0.167. The van der Waals surface area contributed by atoms with Crippen LogP contribution in [0.1, 0.15) is 15.9 Å². The molecule has 2 aromatic rings. The molecule has 0 radical (unpaired) electrons. The molecule has 0 spiro atoms. The first-order valence-electron chi connectivity index (χ1n) is 5.56. The van der Waals surface area contributed by atoms with E-state index in [2.05, 4.69) is 20.8 Å². The Bertz CT molecular complexity index is 583. The lowest BCUT2D eigenvalue weighted by Crippen LogP contribution is -2.33. The third kappa shape index (κ3) is 3.59. The van der Waals surface area contributed by atoms with Gasteiger partial charge in [-0.15, -0.1) is 10.2 Å². The highest BCUT2D eigenvalue weighted by molar-refractivity contribution is 7.13. The molecule has 6 nitrogen and oxygen atoms in total. The Morgan fingerprint density at radius 2 is 2.11 bits per heavy atom. The molecule has 0 saturated heterocycles. The van der Waals surface area contributed by atoms with E-state index in [1.54, 1.807) is 12.1 Å². The van der Waals surface area contributed by atoms with Crippen LogP contribution in [0.5, 0.6) is 0 Å². The van der Waals surface area contributed by atoms with Crippen LogP contribution in [0.15, 0.2) is 29.8 Å². The maximum Gasteiger partial charge on any atom is 0.251 e. The molecule has 0 fully saturated rings. The van der Waals surface area contributed by atoms with Crippen LogP contribution in [-0.4, -0.2) is 28.6 Å². The van der Waals surface area contributed by atoms with Crippen LogP contribution in [0.25, 0.3) is 0 Å². The summed E-state index contributed by atoms with van der Waals surface area (Å²) in [7, 11) is 0. The maximum atomic E-state index is 11.9. The molecule has 1 aromatic carbocycles. The predicted molar refractivity (Wildman–Crippen MR) is 72.1 cm³/mol. The van der Waals surface area contributed by atoms with Crippen LogP contribution >= 0.6 is 11.3 Å². The first-order valence-corrected chi connectivity index (χ1v) is 6.44. The fourth-order valence-electron chi connectivity index (χ4n) is 1.47. The number of hydrogen-bond acceptors (Lipinski definition) is 5. The molecule has 0 aliphatic carbocycles. The first kappa shape index (κ1) is 13.2. The van der Waals surface area contributed by atoms with Crippen molar-refractivity contribution in [2.45, 2.75) is 6.92 Å². The minimum absolute atomic E-state index is 0.104. The highest BCUT2D eigenvalue weighted by Crippen LogP contribution is 2.08. The normalized spacial score (nSPS) is 9.95. The molecule has 19 heavy (non-hydrogen) atoms. The molecule has 0 bridgehead atoms. The van der Waals surface area contributed by atoms with Gasteiger partial charge in [-0.1, -0.05) is 29.5 Å². The summed E-state index contributed by atoms with van der Waals surface area (Å²) in [6.45, 7) is 1.74. The predicted octanol–water partition coefficient (Wildman–Crippen LogP) is 1.22. The third-order valence-electron chi connectivity index (χ3n) is 2.41. The molecule has 1 heterocycles. The lowest BCUT2D eigenvalue weighted by molar-refractivity contribution is -0.115. The molecule has 2 rings (SSSR count). The van der Waals surface area contributed by atoms with Gasteiger partial charge in [0.05, 0.1) is 6.54 Å². The third-order valence-corrected chi connectivity index (χ3v) is 3.01. The van der Waals surface area contributed by atoms with Crippen molar-refractivity contribution >= 4 is 28.3 Å². The highest BCUT2D eigenvalue weighted by atomic mass is 32.1. The number of amides is 2. The Balaban J connectivity index is 1.87. The molecule has 2 N–H and O–H groups in total. The Morgan fingerprint density at radius 3 is 2.79 bits per heavy atom. The smallest absolute Gasteiger partial charge is 0.251 e. The Morgan fingerprint density at radius 1 is 1.32 bits per heavy atom. The van der Waals surface area contributed by atoms with Crippen molar-refractivity contribution in [3.05, 3.63) is 40.9 Å². The van der Waals surface area contributed by atoms with Gasteiger partial charge in [-0.2, -0.15) is 0 Å². The summed E-state index contributed by atoms with van der Waals surface area (Å²) in [4.78, 5) is 23.4. The second-order valence-corrected chi connectivity index (χ2v) is 4.62. The summed E-state index contributed by atoms with van der Waals surface area (Å²) < 4.78 is 0. The van der Waals surface area contributed by atoms with Crippen molar-refractivity contribution in [1.82, 2.24) is 15.5 Å². The number of carbonyl (C=O) groups excluding carboxylic acids is 2. The van der Waals surface area contributed by atoms with Crippen LogP contribution in [0, 0.1) is 6.92 Å². The molecule has 0 aliphatic rings. The Hall–Kier alpha value is -2.28. The number of benzene rings is 1. The van der Waals surface area contributed by atoms with Gasteiger partial charge in [0.2, 0.25) is 11.0 Å². The monoisotopic (exact) mass is 276 g/mol. The van der Waals surface area contributed by atoms with Gasteiger partial charge < -0.3 is 5.32 Å². The maximum absolute atomic E-state index is 11.9. The second-order valence-electron chi connectivity index (χ2n) is 3.79. The van der Waals surface area contributed by atoms with Crippen LogP contribution in [0.2, 0.25) is 0 Å². The quantitative estimate of drug-likeness (QED) is 0.879. The Labute approximate surface area is 113 Å². The molecule has 0 aliphatic heterocycles. The molecule has 2 amide bonds. The van der Waals surface area contributed by atoms with Crippen molar-refractivity contribution < 1.29 is 9.59 Å². The lowest BCUT2D eigenvalue weighted by Gasteiger charge is -2.06. The van der Waals surface area contributed by atoms with E-state index in [1.807, 2.05) is 19.1 Å². The average molecular weight is 276 g/mol. The minimum atomic E-state index is -0.335. The number of carbonyl (C=O) groups is 2. The van der Waals surface area contributed by atoms with E-state index >= 15 is 0 Å². The van der Waals surface area contributed by atoms with E-state index in [0.717, 1.165) is 5.56 Å². The van der Waals surface area contributed by atoms with Crippen molar-refractivity contribution in [2.75, 3.05) is 11.9 Å². The van der Waals surface area contributed by atoms with Crippen molar-refractivity contribution in [3.8, 4) is 0 Å². The minimum Gasteiger partial charge on any atom is -0.343 e. The van der Waals surface area contributed by atoms with Crippen LogP contribution in [-0.2, 0) is 4.79 Å². The summed E-state index contributed by atoms with van der Waals surface area (Å²) in [5.41, 5.74) is 2.94. The summed E-state index contributed by atoms with van der Waals surface area (Å²) in [6, 6.07) is 7.20. The molecule has 0 saturated carbocycles. The zero-order chi connectivity index (χ0) is 13.7. The van der Waals surface area contributed by atoms with Crippen molar-refractivity contribution in [3.63, 3.8) is 0 Å². The van der Waals surface area contributed by atoms with Gasteiger partial charge in [0.25, 0.3) is 5.91 Å². The topological polar surface area (TPSA) is 84.0 Å². The number of anilines is 1. The number of aryl methyl sites for hydroxylation is 1. The standard InChI is InChI=1S/C12H12N4O2S/c1-8-4-2-3-5-9(8)11(18)13-6-10(17)15-12-16-14-7-19-12/h2-5,7H,6H2,1H3,(H,13,18)(H,15,16,17). The van der Waals surface area contributed by atoms with Gasteiger partial charge in [-0.05, 0) is 18.6 Å². The Kier molecular flexibility index (Phi) is 4.19. The molecule has 0 unspecified atom stereocenters. The first-order chi connectivity index (χ1) is 9.16. The molecule has 98 valence electrons. The lowest BCUT2D eigenvalue weighted by atomic mass is 10.1. The number of aromatic nitrogens is 2. The molecule has 0 atom stereocenters. The van der Waals surface area contributed by atoms with Crippen LogP contribution in [0.4, 0.5) is 5.13 Å². The zero-order valence-corrected chi connectivity index (χ0v) is 11.0. The summed E-state index contributed by atoms with van der Waals surface area (Å²) >= 11 is 1.22. The van der Waals surface area contributed by atoms with Gasteiger partial charge in [-0.25, -0.2) is 0 Å². The number of nitrogens with zero attached hydrogens (tertiary/aromatic N) is 2. The SMILES string of the molecule is Cc1ccccc1C(=O)NCC(=O)Nc1nncs1.